The Kier molecular flexibility index (Phi) is 8.65. The third kappa shape index (κ3) is 5.28. The number of carbonyl (C=O) groups is 1. The summed E-state index contributed by atoms with van der Waals surface area (Å²) in [5, 5.41) is 2.86. The number of rotatable bonds is 10. The van der Waals surface area contributed by atoms with Crippen molar-refractivity contribution < 1.29 is 14.3 Å². The maximum Gasteiger partial charge on any atom is 0.407 e. The van der Waals surface area contributed by atoms with Crippen LogP contribution in [0.3, 0.4) is 0 Å². The Bertz CT molecular complexity index is 504. The van der Waals surface area contributed by atoms with E-state index in [0.29, 0.717) is 43.6 Å². The quantitative estimate of drug-likeness (QED) is 0.390. The van der Waals surface area contributed by atoms with Crippen LogP contribution in [0.15, 0.2) is 11.6 Å². The van der Waals surface area contributed by atoms with E-state index in [1.165, 1.54) is 31.3 Å². The number of alkyl carbamates (subject to hydrolysis) is 1. The zero-order valence-corrected chi connectivity index (χ0v) is 18.2. The molecule has 1 N–H and O–H groups in total. The molecule has 1 fully saturated rings. The smallest absolute Gasteiger partial charge is 0.407 e. The third-order valence-electron chi connectivity index (χ3n) is 6.97. The summed E-state index contributed by atoms with van der Waals surface area (Å²) in [4.78, 5) is 12.1. The van der Waals surface area contributed by atoms with Gasteiger partial charge in [-0.05, 0) is 31.6 Å². The van der Waals surface area contributed by atoms with Crippen molar-refractivity contribution in [3.8, 4) is 0 Å². The molecule has 0 aromatic heterocycles. The van der Waals surface area contributed by atoms with Gasteiger partial charge in [0.05, 0.1) is 12.7 Å². The maximum atomic E-state index is 12.1. The predicted molar refractivity (Wildman–Crippen MR) is 111 cm³/mol. The van der Waals surface area contributed by atoms with Crippen LogP contribution in [0.1, 0.15) is 79.6 Å². The molecule has 4 nitrogen and oxygen atoms in total. The standard InChI is InChI=1S/C23H41NO3/c1-6-8-10-11-12-20-21-17(3)14-18(4)23(15-26-20,19(21)5)16-27-22(25)24-13-9-7-2/h14,18-21H,6-13,15-16H2,1-5H3,(H,24,25)/t18-,19-,20-,21+,23-/m1/s1. The van der Waals surface area contributed by atoms with Gasteiger partial charge in [0.1, 0.15) is 6.61 Å². The van der Waals surface area contributed by atoms with E-state index in [9.17, 15) is 4.79 Å². The third-order valence-corrected chi connectivity index (χ3v) is 6.97. The summed E-state index contributed by atoms with van der Waals surface area (Å²) in [7, 11) is 0. The fourth-order valence-electron chi connectivity index (χ4n) is 5.04. The number of carbonyl (C=O) groups excluding carboxylic acids is 1. The van der Waals surface area contributed by atoms with Crippen molar-refractivity contribution in [1.82, 2.24) is 5.32 Å². The Labute approximate surface area is 166 Å². The van der Waals surface area contributed by atoms with Crippen LogP contribution in [0.5, 0.6) is 0 Å². The average Bonchev–Trinajstić information content (AvgIpc) is 2.63. The lowest BCUT2D eigenvalue weighted by Crippen LogP contribution is -2.57. The molecule has 27 heavy (non-hydrogen) atoms. The highest BCUT2D eigenvalue weighted by atomic mass is 16.6. The second-order valence-corrected chi connectivity index (χ2v) is 8.80. The lowest BCUT2D eigenvalue weighted by atomic mass is 9.56. The van der Waals surface area contributed by atoms with Gasteiger partial charge in [0.25, 0.3) is 0 Å². The molecule has 2 aliphatic rings. The van der Waals surface area contributed by atoms with E-state index >= 15 is 0 Å². The molecule has 0 radical (unpaired) electrons. The Morgan fingerprint density at radius 1 is 1.22 bits per heavy atom. The Morgan fingerprint density at radius 2 is 1.96 bits per heavy atom. The summed E-state index contributed by atoms with van der Waals surface area (Å²) in [6, 6.07) is 0. The van der Waals surface area contributed by atoms with Crippen molar-refractivity contribution in [2.75, 3.05) is 19.8 Å². The first-order valence-electron chi connectivity index (χ1n) is 11.2. The maximum absolute atomic E-state index is 12.1. The Morgan fingerprint density at radius 3 is 2.67 bits per heavy atom. The second kappa shape index (κ2) is 10.5. The molecule has 5 atom stereocenters. The molecule has 156 valence electrons. The van der Waals surface area contributed by atoms with Crippen LogP contribution >= 0.6 is 0 Å². The second-order valence-electron chi connectivity index (χ2n) is 8.80. The van der Waals surface area contributed by atoms with Crippen LogP contribution < -0.4 is 5.32 Å². The minimum absolute atomic E-state index is 0.105. The first-order valence-corrected chi connectivity index (χ1v) is 11.2. The summed E-state index contributed by atoms with van der Waals surface area (Å²) in [5.41, 5.74) is 1.35. The lowest BCUT2D eigenvalue weighted by molar-refractivity contribution is -0.165. The van der Waals surface area contributed by atoms with Gasteiger partial charge in [0, 0.05) is 17.9 Å². The van der Waals surface area contributed by atoms with Crippen molar-refractivity contribution >= 4 is 6.09 Å². The Balaban J connectivity index is 2.00. The molecule has 0 unspecified atom stereocenters. The molecule has 1 heterocycles. The fourth-order valence-corrected chi connectivity index (χ4v) is 5.04. The number of ether oxygens (including phenoxy) is 2. The van der Waals surface area contributed by atoms with Gasteiger partial charge < -0.3 is 14.8 Å². The normalized spacial score (nSPS) is 32.7. The average molecular weight is 380 g/mol. The van der Waals surface area contributed by atoms with Crippen molar-refractivity contribution in [1.29, 1.82) is 0 Å². The number of unbranched alkanes of at least 4 members (excludes halogenated alkanes) is 4. The largest absolute Gasteiger partial charge is 0.449 e. The number of hydrogen-bond acceptors (Lipinski definition) is 3. The first kappa shape index (κ1) is 22.3. The number of allylic oxidation sites excluding steroid dienone is 1. The highest BCUT2D eigenvalue weighted by molar-refractivity contribution is 5.67. The number of hydrogen-bond donors (Lipinski definition) is 1. The number of nitrogens with one attached hydrogen (secondary N) is 1. The molecular formula is C23H41NO3. The van der Waals surface area contributed by atoms with Gasteiger partial charge in [-0.2, -0.15) is 0 Å². The van der Waals surface area contributed by atoms with E-state index in [1.54, 1.807) is 0 Å². The van der Waals surface area contributed by atoms with E-state index in [4.69, 9.17) is 9.47 Å². The van der Waals surface area contributed by atoms with Gasteiger partial charge in [-0.3, -0.25) is 0 Å². The highest BCUT2D eigenvalue weighted by Crippen LogP contribution is 2.53. The van der Waals surface area contributed by atoms with Crippen LogP contribution in [0, 0.1) is 23.2 Å². The minimum atomic E-state index is -0.290. The van der Waals surface area contributed by atoms with Crippen LogP contribution in [-0.2, 0) is 9.47 Å². The molecule has 0 aromatic carbocycles. The molecule has 0 spiro atoms. The van der Waals surface area contributed by atoms with Crippen molar-refractivity contribution in [3.63, 3.8) is 0 Å². The zero-order valence-electron chi connectivity index (χ0n) is 18.2. The van der Waals surface area contributed by atoms with Gasteiger partial charge in [-0.15, -0.1) is 0 Å². The lowest BCUT2D eigenvalue weighted by Gasteiger charge is -2.55. The van der Waals surface area contributed by atoms with E-state index in [-0.39, 0.29) is 11.5 Å². The highest BCUT2D eigenvalue weighted by Gasteiger charge is 2.53. The van der Waals surface area contributed by atoms with Gasteiger partial charge in [-0.1, -0.05) is 71.4 Å². The molecule has 4 heteroatoms. The van der Waals surface area contributed by atoms with Crippen LogP contribution in [0.4, 0.5) is 4.79 Å². The molecule has 1 amide bonds. The van der Waals surface area contributed by atoms with E-state index < -0.39 is 0 Å². The number of fused-ring (bicyclic) bond motifs is 2. The van der Waals surface area contributed by atoms with Gasteiger partial charge >= 0.3 is 6.09 Å². The number of amides is 1. The van der Waals surface area contributed by atoms with Crippen molar-refractivity contribution in [2.24, 2.45) is 23.2 Å². The summed E-state index contributed by atoms with van der Waals surface area (Å²) in [6.07, 6.45) is 10.7. The van der Waals surface area contributed by atoms with Gasteiger partial charge in [0.15, 0.2) is 0 Å². The monoisotopic (exact) mass is 379 g/mol. The molecule has 0 saturated carbocycles. The summed E-state index contributed by atoms with van der Waals surface area (Å²) >= 11 is 0. The van der Waals surface area contributed by atoms with E-state index in [2.05, 4.69) is 46.0 Å². The van der Waals surface area contributed by atoms with E-state index in [0.717, 1.165) is 19.3 Å². The SMILES string of the molecule is CCCCCC[C@H]1OC[C@@]2(COC(=O)NCCCC)[C@H](C)C=C(C)[C@H]1[C@H]2C. The molecule has 1 aliphatic carbocycles. The van der Waals surface area contributed by atoms with E-state index in [1.807, 2.05) is 0 Å². The molecule has 1 saturated heterocycles. The molecule has 2 bridgehead atoms. The summed E-state index contributed by atoms with van der Waals surface area (Å²) < 4.78 is 12.1. The first-order chi connectivity index (χ1) is 13.0. The van der Waals surface area contributed by atoms with Gasteiger partial charge in [-0.25, -0.2) is 4.79 Å². The summed E-state index contributed by atoms with van der Waals surface area (Å²) in [6.45, 7) is 13.0. The topological polar surface area (TPSA) is 47.6 Å². The zero-order chi connectivity index (χ0) is 19.9. The fraction of sp³-hybridized carbons (Fsp3) is 0.870. The molecule has 1 aliphatic heterocycles. The van der Waals surface area contributed by atoms with Crippen LogP contribution in [0.2, 0.25) is 0 Å². The summed E-state index contributed by atoms with van der Waals surface area (Å²) in [5.74, 6) is 1.27. The Hall–Kier alpha value is -1.03. The molecule has 2 rings (SSSR count). The minimum Gasteiger partial charge on any atom is -0.449 e. The van der Waals surface area contributed by atoms with Crippen LogP contribution in [-0.4, -0.2) is 32.0 Å². The van der Waals surface area contributed by atoms with Crippen molar-refractivity contribution in [2.45, 2.75) is 85.7 Å². The van der Waals surface area contributed by atoms with Gasteiger partial charge in [0.2, 0.25) is 0 Å². The van der Waals surface area contributed by atoms with Crippen molar-refractivity contribution in [3.05, 3.63) is 11.6 Å². The predicted octanol–water partition coefficient (Wildman–Crippen LogP) is 5.72. The molecular weight excluding hydrogens is 338 g/mol. The van der Waals surface area contributed by atoms with Crippen LogP contribution in [0.25, 0.3) is 0 Å². The molecule has 0 aromatic rings.